The van der Waals surface area contributed by atoms with Crippen LogP contribution in [0, 0.1) is 5.92 Å². The zero-order valence-electron chi connectivity index (χ0n) is 14.3. The van der Waals surface area contributed by atoms with Crippen LogP contribution in [0.1, 0.15) is 11.6 Å². The minimum absolute atomic E-state index is 0.225. The van der Waals surface area contributed by atoms with Crippen molar-refractivity contribution in [3.05, 3.63) is 60.4 Å². The SMILES string of the molecule is COCCN1C(=O)[C@@H]2[C@@H](c3ccncc3)N(c3ccccc3)O[C@H]2C1=O. The van der Waals surface area contributed by atoms with Gasteiger partial charge in [-0.2, -0.15) is 0 Å². The third kappa shape index (κ3) is 2.65. The summed E-state index contributed by atoms with van der Waals surface area (Å²) in [6.07, 6.45) is 2.53. The van der Waals surface area contributed by atoms with Crippen LogP contribution in [0.15, 0.2) is 54.9 Å². The maximum Gasteiger partial charge on any atom is 0.262 e. The van der Waals surface area contributed by atoms with E-state index in [1.54, 1.807) is 24.6 Å². The molecule has 1 aromatic heterocycles. The predicted octanol–water partition coefficient (Wildman–Crippen LogP) is 1.57. The zero-order valence-corrected chi connectivity index (χ0v) is 14.3. The van der Waals surface area contributed by atoms with Gasteiger partial charge in [0.15, 0.2) is 6.10 Å². The first kappa shape index (κ1) is 16.7. The fraction of sp³-hybridized carbons (Fsp3) is 0.316. The number of para-hydroxylation sites is 1. The van der Waals surface area contributed by atoms with Crippen molar-refractivity contribution in [1.82, 2.24) is 9.88 Å². The highest BCUT2D eigenvalue weighted by atomic mass is 16.7. The second-order valence-electron chi connectivity index (χ2n) is 6.26. The van der Waals surface area contributed by atoms with Gasteiger partial charge in [0, 0.05) is 19.5 Å². The fourth-order valence-electron chi connectivity index (χ4n) is 3.57. The number of likely N-dealkylation sites (tertiary alicyclic amines) is 1. The van der Waals surface area contributed by atoms with Gasteiger partial charge in [-0.1, -0.05) is 18.2 Å². The van der Waals surface area contributed by atoms with E-state index in [2.05, 4.69) is 4.98 Å². The monoisotopic (exact) mass is 353 g/mol. The maximum absolute atomic E-state index is 13.0. The molecule has 0 spiro atoms. The van der Waals surface area contributed by atoms with Crippen LogP contribution < -0.4 is 5.06 Å². The van der Waals surface area contributed by atoms with E-state index in [0.29, 0.717) is 6.61 Å². The van der Waals surface area contributed by atoms with Crippen LogP contribution in [0.4, 0.5) is 5.69 Å². The average molecular weight is 353 g/mol. The molecule has 2 aromatic rings. The topological polar surface area (TPSA) is 72.0 Å². The summed E-state index contributed by atoms with van der Waals surface area (Å²) in [5, 5.41) is 1.67. The van der Waals surface area contributed by atoms with Crippen molar-refractivity contribution in [2.75, 3.05) is 25.3 Å². The second kappa shape index (κ2) is 6.86. The van der Waals surface area contributed by atoms with Gasteiger partial charge in [0.25, 0.3) is 5.91 Å². The number of fused-ring (bicyclic) bond motifs is 1. The molecule has 2 saturated heterocycles. The summed E-state index contributed by atoms with van der Waals surface area (Å²) in [6, 6.07) is 12.8. The third-order valence-corrected chi connectivity index (χ3v) is 4.78. The third-order valence-electron chi connectivity index (χ3n) is 4.78. The lowest BCUT2D eigenvalue weighted by Gasteiger charge is -2.28. The molecule has 26 heavy (non-hydrogen) atoms. The van der Waals surface area contributed by atoms with E-state index in [4.69, 9.17) is 9.57 Å². The van der Waals surface area contributed by atoms with Gasteiger partial charge in [0.1, 0.15) is 5.92 Å². The summed E-state index contributed by atoms with van der Waals surface area (Å²) >= 11 is 0. The largest absolute Gasteiger partial charge is 0.383 e. The van der Waals surface area contributed by atoms with Crippen LogP contribution in [0.3, 0.4) is 0 Å². The molecule has 2 aliphatic heterocycles. The van der Waals surface area contributed by atoms with E-state index in [-0.39, 0.29) is 18.4 Å². The van der Waals surface area contributed by atoms with E-state index in [1.807, 2.05) is 42.5 Å². The molecule has 2 amide bonds. The molecule has 7 nitrogen and oxygen atoms in total. The van der Waals surface area contributed by atoms with Gasteiger partial charge in [-0.25, -0.2) is 5.06 Å². The van der Waals surface area contributed by atoms with Crippen LogP contribution in [-0.2, 0) is 19.2 Å². The summed E-state index contributed by atoms with van der Waals surface area (Å²) in [7, 11) is 1.54. The lowest BCUT2D eigenvalue weighted by Crippen LogP contribution is -2.39. The molecule has 134 valence electrons. The average Bonchev–Trinajstić information content (AvgIpc) is 3.19. The minimum Gasteiger partial charge on any atom is -0.383 e. The first-order valence-corrected chi connectivity index (χ1v) is 8.47. The van der Waals surface area contributed by atoms with Crippen molar-refractivity contribution in [3.8, 4) is 0 Å². The summed E-state index contributed by atoms with van der Waals surface area (Å²) in [5.41, 5.74) is 1.68. The van der Waals surface area contributed by atoms with E-state index >= 15 is 0 Å². The Bertz CT molecular complexity index is 799. The van der Waals surface area contributed by atoms with Crippen molar-refractivity contribution in [2.45, 2.75) is 12.1 Å². The molecule has 3 atom stereocenters. The number of benzene rings is 1. The second-order valence-corrected chi connectivity index (χ2v) is 6.26. The first-order chi connectivity index (χ1) is 12.7. The van der Waals surface area contributed by atoms with Crippen molar-refractivity contribution in [1.29, 1.82) is 0 Å². The number of aromatic nitrogens is 1. The molecule has 3 heterocycles. The molecule has 7 heteroatoms. The van der Waals surface area contributed by atoms with E-state index in [1.165, 1.54) is 4.90 Å². The number of hydrogen-bond acceptors (Lipinski definition) is 6. The highest BCUT2D eigenvalue weighted by Crippen LogP contribution is 2.46. The number of rotatable bonds is 5. The Labute approximate surface area is 151 Å². The number of hydrogen-bond donors (Lipinski definition) is 0. The van der Waals surface area contributed by atoms with Crippen LogP contribution in [-0.4, -0.2) is 48.1 Å². The standard InChI is InChI=1S/C19H19N3O4/c1-25-12-11-21-18(23)15-16(13-7-9-20-10-8-13)22(26-17(15)19(21)24)14-5-3-2-4-6-14/h2-10,15-17H,11-12H2,1H3/t15-,16-,17-/m1/s1. The molecule has 0 aliphatic carbocycles. The number of methoxy groups -OCH3 is 1. The first-order valence-electron chi connectivity index (χ1n) is 8.47. The van der Waals surface area contributed by atoms with Gasteiger partial charge in [0.2, 0.25) is 5.91 Å². The molecular weight excluding hydrogens is 334 g/mol. The number of nitrogens with zero attached hydrogens (tertiary/aromatic N) is 3. The van der Waals surface area contributed by atoms with Gasteiger partial charge < -0.3 is 4.74 Å². The van der Waals surface area contributed by atoms with Crippen molar-refractivity contribution < 1.29 is 19.2 Å². The molecule has 2 fully saturated rings. The number of anilines is 1. The summed E-state index contributed by atoms with van der Waals surface area (Å²) in [6.45, 7) is 0.540. The maximum atomic E-state index is 13.0. The number of hydroxylamine groups is 1. The van der Waals surface area contributed by atoms with Gasteiger partial charge in [0.05, 0.1) is 24.9 Å². The Morgan fingerprint density at radius 2 is 1.81 bits per heavy atom. The molecule has 0 bridgehead atoms. The van der Waals surface area contributed by atoms with Crippen molar-refractivity contribution >= 4 is 17.5 Å². The molecule has 4 rings (SSSR count). The van der Waals surface area contributed by atoms with Gasteiger partial charge in [-0.3, -0.25) is 24.3 Å². The molecule has 2 aliphatic rings. The van der Waals surface area contributed by atoms with E-state index in [9.17, 15) is 9.59 Å². The Morgan fingerprint density at radius 3 is 2.50 bits per heavy atom. The predicted molar refractivity (Wildman–Crippen MR) is 92.9 cm³/mol. The molecule has 0 saturated carbocycles. The normalized spacial score (nSPS) is 25.0. The highest BCUT2D eigenvalue weighted by Gasteiger charge is 2.59. The number of imide groups is 1. The minimum atomic E-state index is -0.822. The summed E-state index contributed by atoms with van der Waals surface area (Å²) in [5.74, 6) is -1.13. The highest BCUT2D eigenvalue weighted by molar-refractivity contribution is 6.07. The molecule has 0 N–H and O–H groups in total. The smallest absolute Gasteiger partial charge is 0.262 e. The van der Waals surface area contributed by atoms with Gasteiger partial charge >= 0.3 is 0 Å². The quantitative estimate of drug-likeness (QED) is 0.760. The number of carbonyl (C=O) groups is 2. The molecule has 0 radical (unpaired) electrons. The fourth-order valence-corrected chi connectivity index (χ4v) is 3.57. The van der Waals surface area contributed by atoms with E-state index in [0.717, 1.165) is 11.3 Å². The Hall–Kier alpha value is -2.77. The Morgan fingerprint density at radius 1 is 1.08 bits per heavy atom. The van der Waals surface area contributed by atoms with Gasteiger partial charge in [-0.15, -0.1) is 0 Å². The molecular formula is C19H19N3O4. The molecule has 0 unspecified atom stereocenters. The summed E-state index contributed by atoms with van der Waals surface area (Å²) < 4.78 is 5.02. The van der Waals surface area contributed by atoms with Crippen LogP contribution in [0.25, 0.3) is 0 Å². The Balaban J connectivity index is 1.73. The van der Waals surface area contributed by atoms with Crippen LogP contribution in [0.2, 0.25) is 0 Å². The van der Waals surface area contributed by atoms with Crippen molar-refractivity contribution in [2.24, 2.45) is 5.92 Å². The Kier molecular flexibility index (Phi) is 4.40. The lowest BCUT2D eigenvalue weighted by atomic mass is 9.91. The molecule has 1 aromatic carbocycles. The number of amides is 2. The van der Waals surface area contributed by atoms with Crippen LogP contribution >= 0.6 is 0 Å². The van der Waals surface area contributed by atoms with E-state index < -0.39 is 18.1 Å². The van der Waals surface area contributed by atoms with Crippen LogP contribution in [0.5, 0.6) is 0 Å². The number of carbonyl (C=O) groups excluding carboxylic acids is 2. The van der Waals surface area contributed by atoms with Crippen molar-refractivity contribution in [3.63, 3.8) is 0 Å². The number of pyridine rings is 1. The van der Waals surface area contributed by atoms with Gasteiger partial charge in [-0.05, 0) is 29.8 Å². The zero-order chi connectivity index (χ0) is 18.1. The summed E-state index contributed by atoms with van der Waals surface area (Å²) in [4.78, 5) is 37.0. The number of ether oxygens (including phenoxy) is 1. The lowest BCUT2D eigenvalue weighted by molar-refractivity contribution is -0.143.